The van der Waals surface area contributed by atoms with Crippen LogP contribution in [0.4, 0.5) is 18.9 Å². The number of sulfonamides is 1. The van der Waals surface area contributed by atoms with Crippen LogP contribution in [0.1, 0.15) is 34.3 Å². The second-order valence-electron chi connectivity index (χ2n) is 8.38. The number of carbonyl (C=O) groups is 1. The summed E-state index contributed by atoms with van der Waals surface area (Å²) in [7, 11) is -4.48. The van der Waals surface area contributed by atoms with Crippen molar-refractivity contribution in [2.24, 2.45) is 0 Å². The number of alkyl halides is 3. The molecule has 0 aliphatic heterocycles. The Kier molecular flexibility index (Phi) is 6.79. The Morgan fingerprint density at radius 1 is 1.16 bits per heavy atom. The van der Waals surface area contributed by atoms with Crippen LogP contribution in [0.25, 0.3) is 0 Å². The van der Waals surface area contributed by atoms with E-state index in [2.05, 4.69) is 21.1 Å². The van der Waals surface area contributed by atoms with Crippen LogP contribution in [0.5, 0.6) is 11.6 Å². The van der Waals surface area contributed by atoms with Crippen molar-refractivity contribution in [3.63, 3.8) is 0 Å². The molecule has 1 aliphatic carbocycles. The minimum atomic E-state index is -4.85. The number of ether oxygens (including phenoxy) is 1. The molecule has 0 saturated heterocycles. The fourth-order valence-corrected chi connectivity index (χ4v) is 4.57. The molecular weight excluding hydrogens is 533 g/mol. The van der Waals surface area contributed by atoms with Crippen molar-refractivity contribution in [1.29, 1.82) is 5.26 Å². The zero-order valence-corrected chi connectivity index (χ0v) is 20.6. The van der Waals surface area contributed by atoms with E-state index >= 15 is 0 Å². The fourth-order valence-electron chi connectivity index (χ4n) is 3.27. The van der Waals surface area contributed by atoms with Crippen LogP contribution in [0.3, 0.4) is 0 Å². The largest absolute Gasteiger partial charge is 0.437 e. The van der Waals surface area contributed by atoms with Crippen LogP contribution in [-0.2, 0) is 16.2 Å². The summed E-state index contributed by atoms with van der Waals surface area (Å²) in [6, 6.07) is 11.5. The maximum atomic E-state index is 13.2. The number of nitrogens with zero attached hydrogens (tertiary/aromatic N) is 2. The summed E-state index contributed by atoms with van der Waals surface area (Å²) < 4.78 is 73.3. The number of nitriles is 1. The van der Waals surface area contributed by atoms with E-state index in [0.717, 1.165) is 12.1 Å². The first-order chi connectivity index (χ1) is 17.3. The highest BCUT2D eigenvalue weighted by molar-refractivity contribution is 7.92. The number of rotatable bonds is 7. The maximum Gasteiger partial charge on any atom is 0.417 e. The molecule has 0 bridgehead atoms. The predicted molar refractivity (Wildman–Crippen MR) is 128 cm³/mol. The number of aromatic nitrogens is 1. The van der Waals surface area contributed by atoms with Gasteiger partial charge in [0.25, 0.3) is 15.9 Å². The molecule has 4 rings (SSSR count). The molecule has 37 heavy (non-hydrogen) atoms. The lowest BCUT2D eigenvalue weighted by molar-refractivity contribution is -0.137. The number of aryl methyl sites for hydroxylation is 1. The third kappa shape index (κ3) is 5.95. The van der Waals surface area contributed by atoms with Crippen LogP contribution in [-0.4, -0.2) is 24.8 Å². The summed E-state index contributed by atoms with van der Waals surface area (Å²) in [6.07, 6.45) is -2.27. The van der Waals surface area contributed by atoms with Crippen molar-refractivity contribution in [2.45, 2.75) is 36.4 Å². The molecule has 13 heteroatoms. The number of hydrogen-bond donors (Lipinski definition) is 2. The average Bonchev–Trinajstić information content (AvgIpc) is 3.60. The minimum absolute atomic E-state index is 0.116. The topological polar surface area (TPSA) is 121 Å². The Morgan fingerprint density at radius 2 is 1.84 bits per heavy atom. The third-order valence-corrected chi connectivity index (χ3v) is 7.13. The van der Waals surface area contributed by atoms with Crippen LogP contribution < -0.4 is 14.8 Å². The van der Waals surface area contributed by atoms with Gasteiger partial charge < -0.3 is 10.1 Å². The van der Waals surface area contributed by atoms with Gasteiger partial charge in [0.15, 0.2) is 0 Å². The number of amides is 1. The monoisotopic (exact) mass is 550 g/mol. The van der Waals surface area contributed by atoms with E-state index < -0.39 is 43.1 Å². The SMILES string of the molecule is Cc1cnc(Oc2ccc(C(=O)NC3(C#N)CC3)cc2)c(NS(=O)(=O)c2ccc(Cl)c(C(F)(F)F)c2)c1. The molecule has 2 N–H and O–H groups in total. The van der Waals surface area contributed by atoms with Crippen LogP contribution in [0.15, 0.2) is 59.6 Å². The molecule has 0 unspecified atom stereocenters. The predicted octanol–water partition coefficient (Wildman–Crippen LogP) is 5.44. The van der Waals surface area contributed by atoms with E-state index in [1.807, 2.05) is 0 Å². The van der Waals surface area contributed by atoms with Gasteiger partial charge in [0.2, 0.25) is 5.88 Å². The Hall–Kier alpha value is -3.82. The molecule has 1 saturated carbocycles. The van der Waals surface area contributed by atoms with Crippen LogP contribution >= 0.6 is 11.6 Å². The van der Waals surface area contributed by atoms with Crippen LogP contribution in [0, 0.1) is 18.3 Å². The van der Waals surface area contributed by atoms with Crippen molar-refractivity contribution >= 4 is 33.2 Å². The third-order valence-electron chi connectivity index (χ3n) is 5.43. The molecule has 192 valence electrons. The summed E-state index contributed by atoms with van der Waals surface area (Å²) in [5.74, 6) is -0.382. The van der Waals surface area contributed by atoms with E-state index in [-0.39, 0.29) is 22.9 Å². The number of benzene rings is 2. The fraction of sp³-hybridized carbons (Fsp3) is 0.208. The molecule has 0 spiro atoms. The second kappa shape index (κ2) is 9.57. The summed E-state index contributed by atoms with van der Waals surface area (Å²) >= 11 is 5.60. The van der Waals surface area contributed by atoms with E-state index in [1.54, 1.807) is 6.92 Å². The highest BCUT2D eigenvalue weighted by Crippen LogP contribution is 2.37. The molecular formula is C24H18ClF3N4O4S. The van der Waals surface area contributed by atoms with Crippen molar-refractivity contribution in [3.8, 4) is 17.7 Å². The normalized spacial score (nSPS) is 14.4. The number of carbonyl (C=O) groups excluding carboxylic acids is 1. The van der Waals surface area contributed by atoms with Gasteiger partial charge in [-0.25, -0.2) is 13.4 Å². The van der Waals surface area contributed by atoms with Gasteiger partial charge in [0.05, 0.1) is 21.6 Å². The van der Waals surface area contributed by atoms with E-state index in [0.29, 0.717) is 24.5 Å². The molecule has 2 aromatic carbocycles. The van der Waals surface area contributed by atoms with Gasteiger partial charge in [0.1, 0.15) is 17.0 Å². The van der Waals surface area contributed by atoms with Crippen molar-refractivity contribution in [2.75, 3.05) is 4.72 Å². The van der Waals surface area contributed by atoms with Crippen molar-refractivity contribution in [1.82, 2.24) is 10.3 Å². The van der Waals surface area contributed by atoms with Gasteiger partial charge in [-0.05, 0) is 73.9 Å². The van der Waals surface area contributed by atoms with E-state index in [1.165, 1.54) is 36.5 Å². The quantitative estimate of drug-likeness (QED) is 0.404. The number of halogens is 4. The Labute approximate surface area is 215 Å². The van der Waals surface area contributed by atoms with E-state index in [9.17, 15) is 26.4 Å². The standard InChI is InChI=1S/C24H18ClF3N4O4S/c1-14-10-20(32-37(34,35)17-6-7-19(25)18(11-17)24(26,27)28)22(30-12-14)36-16-4-2-15(3-5-16)21(33)31-23(13-29)8-9-23/h2-7,10-12,32H,8-9H2,1H3,(H,31,33). The zero-order chi connectivity index (χ0) is 27.0. The molecule has 8 nitrogen and oxygen atoms in total. The van der Waals surface area contributed by atoms with Gasteiger partial charge in [0, 0.05) is 11.8 Å². The molecule has 1 fully saturated rings. The van der Waals surface area contributed by atoms with Gasteiger partial charge in [-0.3, -0.25) is 9.52 Å². The average molecular weight is 551 g/mol. The van der Waals surface area contributed by atoms with Gasteiger partial charge >= 0.3 is 6.18 Å². The molecule has 1 amide bonds. The van der Waals surface area contributed by atoms with Gasteiger partial charge in [-0.1, -0.05) is 11.6 Å². The molecule has 1 aromatic heterocycles. The molecule has 1 heterocycles. The summed E-state index contributed by atoms with van der Waals surface area (Å²) in [6.45, 7) is 1.64. The number of pyridine rings is 1. The van der Waals surface area contributed by atoms with Crippen LogP contribution in [0.2, 0.25) is 5.02 Å². The van der Waals surface area contributed by atoms with Gasteiger partial charge in [-0.2, -0.15) is 18.4 Å². The molecule has 1 aliphatic rings. The number of anilines is 1. The Bertz CT molecular complexity index is 1520. The summed E-state index contributed by atoms with van der Waals surface area (Å²) in [5, 5.41) is 11.2. The summed E-state index contributed by atoms with van der Waals surface area (Å²) in [4.78, 5) is 15.8. The zero-order valence-electron chi connectivity index (χ0n) is 19.1. The second-order valence-corrected chi connectivity index (χ2v) is 10.5. The maximum absolute atomic E-state index is 13.2. The highest BCUT2D eigenvalue weighted by Gasteiger charge is 2.44. The van der Waals surface area contributed by atoms with E-state index in [4.69, 9.17) is 21.6 Å². The number of nitrogens with one attached hydrogen (secondary N) is 2. The first-order valence-corrected chi connectivity index (χ1v) is 12.6. The minimum Gasteiger partial charge on any atom is -0.437 e. The van der Waals surface area contributed by atoms with Crippen molar-refractivity contribution < 1.29 is 31.1 Å². The van der Waals surface area contributed by atoms with Crippen molar-refractivity contribution in [3.05, 3.63) is 76.4 Å². The lowest BCUT2D eigenvalue weighted by Crippen LogP contribution is -2.35. The number of hydrogen-bond acceptors (Lipinski definition) is 6. The molecule has 3 aromatic rings. The first-order valence-electron chi connectivity index (χ1n) is 10.7. The smallest absolute Gasteiger partial charge is 0.417 e. The molecule has 0 radical (unpaired) electrons. The summed E-state index contributed by atoms with van der Waals surface area (Å²) in [5.41, 5.74) is -1.39. The Balaban J connectivity index is 1.56. The van der Waals surface area contributed by atoms with Gasteiger partial charge in [-0.15, -0.1) is 0 Å². The lowest BCUT2D eigenvalue weighted by atomic mass is 10.2. The molecule has 0 atom stereocenters. The lowest BCUT2D eigenvalue weighted by Gasteiger charge is -2.15. The Morgan fingerprint density at radius 3 is 2.43 bits per heavy atom. The first kappa shape index (κ1) is 26.2. The highest BCUT2D eigenvalue weighted by atomic mass is 35.5.